The molecule has 1 aromatic heterocycles. The van der Waals surface area contributed by atoms with Crippen LogP contribution in [-0.2, 0) is 0 Å². The van der Waals surface area contributed by atoms with E-state index in [1.807, 2.05) is 18.4 Å². The van der Waals surface area contributed by atoms with E-state index in [0.717, 1.165) is 13.1 Å². The van der Waals surface area contributed by atoms with Gasteiger partial charge in [0, 0.05) is 18.5 Å². The Kier molecular flexibility index (Phi) is 4.25. The van der Waals surface area contributed by atoms with E-state index >= 15 is 0 Å². The lowest BCUT2D eigenvalue weighted by atomic mass is 10.4. The third-order valence-corrected chi connectivity index (χ3v) is 3.14. The van der Waals surface area contributed by atoms with E-state index in [1.54, 1.807) is 0 Å². The Hall–Kier alpha value is -0.540. The van der Waals surface area contributed by atoms with Crippen molar-refractivity contribution in [2.75, 3.05) is 32.1 Å². The van der Waals surface area contributed by atoms with Crippen LogP contribution < -0.4 is 10.2 Å². The average Bonchev–Trinajstić information content (AvgIpc) is 2.52. The summed E-state index contributed by atoms with van der Waals surface area (Å²) in [5, 5.41) is 4.53. The molecule has 3 heteroatoms. The lowest BCUT2D eigenvalue weighted by Crippen LogP contribution is -2.21. The number of thiophene rings is 1. The van der Waals surface area contributed by atoms with E-state index in [0.29, 0.717) is 0 Å². The van der Waals surface area contributed by atoms with Crippen LogP contribution in [0, 0.1) is 6.92 Å². The fraction of sp³-hybridized carbons (Fsp3) is 0.600. The minimum Gasteiger partial charge on any atom is -0.366 e. The molecule has 2 nitrogen and oxygen atoms in total. The highest BCUT2D eigenvalue weighted by Crippen LogP contribution is 2.23. The largest absolute Gasteiger partial charge is 0.366 e. The van der Waals surface area contributed by atoms with Crippen molar-refractivity contribution in [3.8, 4) is 0 Å². The molecule has 0 fully saturated rings. The van der Waals surface area contributed by atoms with Crippen LogP contribution in [0.2, 0.25) is 0 Å². The molecule has 1 N–H and O–H groups in total. The third kappa shape index (κ3) is 3.36. The summed E-state index contributed by atoms with van der Waals surface area (Å²) in [6, 6.07) is 4.37. The molecule has 0 bridgehead atoms. The molecular formula is C10H18N2S. The zero-order chi connectivity index (χ0) is 9.68. The zero-order valence-corrected chi connectivity index (χ0v) is 9.45. The van der Waals surface area contributed by atoms with Gasteiger partial charge in [-0.15, -0.1) is 11.3 Å². The number of aryl methyl sites for hydroxylation is 1. The quantitative estimate of drug-likeness (QED) is 0.729. The van der Waals surface area contributed by atoms with E-state index < -0.39 is 0 Å². The van der Waals surface area contributed by atoms with Gasteiger partial charge in [0.25, 0.3) is 0 Å². The zero-order valence-electron chi connectivity index (χ0n) is 8.63. The molecule has 0 aromatic carbocycles. The number of nitrogens with zero attached hydrogens (tertiary/aromatic N) is 1. The van der Waals surface area contributed by atoms with Crippen molar-refractivity contribution >= 4 is 16.3 Å². The summed E-state index contributed by atoms with van der Waals surface area (Å²) < 4.78 is 0. The van der Waals surface area contributed by atoms with Crippen LogP contribution in [0.25, 0.3) is 0 Å². The first kappa shape index (κ1) is 10.5. The van der Waals surface area contributed by atoms with Gasteiger partial charge in [0.05, 0.1) is 5.00 Å². The molecule has 0 aliphatic heterocycles. The Balaban J connectivity index is 2.35. The lowest BCUT2D eigenvalue weighted by Gasteiger charge is -2.16. The maximum Gasteiger partial charge on any atom is 0.0908 e. The molecule has 0 aliphatic rings. The first-order valence-electron chi connectivity index (χ1n) is 4.66. The van der Waals surface area contributed by atoms with Crippen molar-refractivity contribution in [3.63, 3.8) is 0 Å². The maximum atomic E-state index is 3.16. The van der Waals surface area contributed by atoms with Gasteiger partial charge in [0.2, 0.25) is 0 Å². The van der Waals surface area contributed by atoms with Crippen LogP contribution in [0.3, 0.4) is 0 Å². The number of nitrogens with one attached hydrogen (secondary N) is 1. The molecule has 13 heavy (non-hydrogen) atoms. The highest BCUT2D eigenvalue weighted by atomic mass is 32.1. The predicted molar refractivity (Wildman–Crippen MR) is 60.9 cm³/mol. The Labute approximate surface area is 84.6 Å². The molecule has 0 atom stereocenters. The molecule has 0 aliphatic carbocycles. The van der Waals surface area contributed by atoms with E-state index in [1.165, 1.54) is 16.3 Å². The second-order valence-electron chi connectivity index (χ2n) is 3.26. The van der Waals surface area contributed by atoms with Gasteiger partial charge in [-0.1, -0.05) is 0 Å². The second kappa shape index (κ2) is 5.25. The van der Waals surface area contributed by atoms with Gasteiger partial charge < -0.3 is 10.2 Å². The molecule has 0 unspecified atom stereocenters. The van der Waals surface area contributed by atoms with Crippen LogP contribution in [-0.4, -0.2) is 27.2 Å². The molecule has 0 radical (unpaired) electrons. The summed E-state index contributed by atoms with van der Waals surface area (Å²) in [5.74, 6) is 0. The van der Waals surface area contributed by atoms with Crippen LogP contribution in [0.4, 0.5) is 5.00 Å². The minimum absolute atomic E-state index is 1.09. The third-order valence-electron chi connectivity index (χ3n) is 2.02. The summed E-state index contributed by atoms with van der Waals surface area (Å²) in [5.41, 5.74) is 0. The smallest absolute Gasteiger partial charge is 0.0908 e. The number of hydrogen-bond donors (Lipinski definition) is 1. The molecule has 0 saturated carbocycles. The number of anilines is 1. The monoisotopic (exact) mass is 198 g/mol. The Morgan fingerprint density at radius 2 is 2.23 bits per heavy atom. The molecule has 0 spiro atoms. The second-order valence-corrected chi connectivity index (χ2v) is 4.53. The molecule has 0 amide bonds. The molecular weight excluding hydrogens is 180 g/mol. The van der Waals surface area contributed by atoms with Crippen molar-refractivity contribution in [2.24, 2.45) is 0 Å². The van der Waals surface area contributed by atoms with Crippen LogP contribution in [0.1, 0.15) is 11.3 Å². The van der Waals surface area contributed by atoms with E-state index in [9.17, 15) is 0 Å². The minimum atomic E-state index is 1.09. The van der Waals surface area contributed by atoms with Gasteiger partial charge in [-0.05, 0) is 39.1 Å². The normalized spacial score (nSPS) is 10.4. The first-order chi connectivity index (χ1) is 6.24. The van der Waals surface area contributed by atoms with Crippen molar-refractivity contribution in [2.45, 2.75) is 13.3 Å². The summed E-state index contributed by atoms with van der Waals surface area (Å²) in [6.07, 6.45) is 1.20. The van der Waals surface area contributed by atoms with E-state index in [2.05, 4.69) is 36.3 Å². The summed E-state index contributed by atoms with van der Waals surface area (Å²) in [6.45, 7) is 4.37. The van der Waals surface area contributed by atoms with E-state index in [-0.39, 0.29) is 0 Å². The topological polar surface area (TPSA) is 15.3 Å². The summed E-state index contributed by atoms with van der Waals surface area (Å²) >= 11 is 1.86. The molecule has 74 valence electrons. The fourth-order valence-electron chi connectivity index (χ4n) is 1.23. The summed E-state index contributed by atoms with van der Waals surface area (Å²) in [4.78, 5) is 3.70. The van der Waals surface area contributed by atoms with Gasteiger partial charge >= 0.3 is 0 Å². The average molecular weight is 198 g/mol. The molecule has 1 heterocycles. The molecule has 1 aromatic rings. The van der Waals surface area contributed by atoms with Gasteiger partial charge in [-0.25, -0.2) is 0 Å². The highest BCUT2D eigenvalue weighted by molar-refractivity contribution is 7.16. The lowest BCUT2D eigenvalue weighted by molar-refractivity contribution is 0.715. The van der Waals surface area contributed by atoms with Crippen molar-refractivity contribution in [1.29, 1.82) is 0 Å². The van der Waals surface area contributed by atoms with Gasteiger partial charge in [-0.3, -0.25) is 0 Å². The van der Waals surface area contributed by atoms with Crippen molar-refractivity contribution < 1.29 is 0 Å². The van der Waals surface area contributed by atoms with Gasteiger partial charge in [-0.2, -0.15) is 0 Å². The SMILES string of the molecule is CNCCCN(C)c1ccc(C)s1. The van der Waals surface area contributed by atoms with Crippen LogP contribution >= 0.6 is 11.3 Å². The van der Waals surface area contributed by atoms with Crippen LogP contribution in [0.5, 0.6) is 0 Å². The number of rotatable bonds is 5. The van der Waals surface area contributed by atoms with Crippen molar-refractivity contribution in [1.82, 2.24) is 5.32 Å². The van der Waals surface area contributed by atoms with Crippen LogP contribution in [0.15, 0.2) is 12.1 Å². The van der Waals surface area contributed by atoms with Crippen molar-refractivity contribution in [3.05, 3.63) is 17.0 Å². The predicted octanol–water partition coefficient (Wildman–Crippen LogP) is 2.10. The number of hydrogen-bond acceptors (Lipinski definition) is 3. The first-order valence-corrected chi connectivity index (χ1v) is 5.48. The Morgan fingerprint density at radius 1 is 1.46 bits per heavy atom. The highest BCUT2D eigenvalue weighted by Gasteiger charge is 2.01. The van der Waals surface area contributed by atoms with E-state index in [4.69, 9.17) is 0 Å². The standard InChI is InChI=1S/C10H18N2S/c1-9-5-6-10(13-9)12(3)8-4-7-11-2/h5-6,11H,4,7-8H2,1-3H3. The summed E-state index contributed by atoms with van der Waals surface area (Å²) in [7, 11) is 4.15. The maximum absolute atomic E-state index is 3.16. The van der Waals surface area contributed by atoms with Gasteiger partial charge in [0.15, 0.2) is 0 Å². The van der Waals surface area contributed by atoms with Gasteiger partial charge in [0.1, 0.15) is 0 Å². The molecule has 1 rings (SSSR count). The fourth-order valence-corrected chi connectivity index (χ4v) is 2.08. The Bertz CT molecular complexity index is 245. The Morgan fingerprint density at radius 3 is 2.77 bits per heavy atom. The molecule has 0 saturated heterocycles.